The molecule has 114 valence electrons. The van der Waals surface area contributed by atoms with Gasteiger partial charge in [0.25, 0.3) is 5.91 Å². The van der Waals surface area contributed by atoms with E-state index in [9.17, 15) is 17.6 Å². The number of nitrogens with zero attached hydrogens (tertiary/aromatic N) is 2. The Morgan fingerprint density at radius 1 is 1.35 bits per heavy atom. The van der Waals surface area contributed by atoms with Gasteiger partial charge in [-0.3, -0.25) is 4.79 Å². The van der Waals surface area contributed by atoms with Crippen LogP contribution in [0.25, 0.3) is 0 Å². The van der Waals surface area contributed by atoms with E-state index in [0.29, 0.717) is 26.1 Å². The zero-order chi connectivity index (χ0) is 14.5. The van der Waals surface area contributed by atoms with Crippen molar-refractivity contribution < 1.29 is 22.3 Å². The third kappa shape index (κ3) is 2.44. The first-order chi connectivity index (χ1) is 9.31. The molecule has 2 saturated heterocycles. The summed E-state index contributed by atoms with van der Waals surface area (Å²) in [6.07, 6.45) is 2.08. The molecule has 1 saturated carbocycles. The van der Waals surface area contributed by atoms with Crippen molar-refractivity contribution in [1.29, 1.82) is 0 Å². The molecule has 20 heavy (non-hydrogen) atoms. The lowest BCUT2D eigenvalue weighted by Crippen LogP contribution is -2.62. The Hall–Kier alpha value is -0.730. The van der Waals surface area contributed by atoms with E-state index in [1.165, 1.54) is 9.21 Å². The van der Waals surface area contributed by atoms with Gasteiger partial charge in [-0.25, -0.2) is 12.8 Å². The van der Waals surface area contributed by atoms with E-state index in [-0.39, 0.29) is 25.5 Å². The van der Waals surface area contributed by atoms with Crippen molar-refractivity contribution in [3.8, 4) is 0 Å². The van der Waals surface area contributed by atoms with Gasteiger partial charge >= 0.3 is 0 Å². The maximum Gasteiger partial charge on any atom is 0.260 e. The van der Waals surface area contributed by atoms with Crippen LogP contribution in [0.1, 0.15) is 19.3 Å². The van der Waals surface area contributed by atoms with Gasteiger partial charge < -0.3 is 9.64 Å². The fraction of sp³-hybridized carbons (Fsp3) is 0.917. The number of sulfonamides is 1. The molecule has 2 atom stereocenters. The van der Waals surface area contributed by atoms with Gasteiger partial charge in [-0.1, -0.05) is 0 Å². The van der Waals surface area contributed by atoms with Crippen molar-refractivity contribution in [2.24, 2.45) is 0 Å². The molecular weight excluding hydrogens is 287 g/mol. The highest BCUT2D eigenvalue weighted by molar-refractivity contribution is 7.88. The zero-order valence-corrected chi connectivity index (χ0v) is 12.2. The molecule has 3 fully saturated rings. The maximum atomic E-state index is 13.9. The van der Waals surface area contributed by atoms with Gasteiger partial charge in [0.1, 0.15) is 0 Å². The Morgan fingerprint density at radius 3 is 2.65 bits per heavy atom. The van der Waals surface area contributed by atoms with E-state index in [4.69, 9.17) is 4.74 Å². The number of morpholine rings is 1. The summed E-state index contributed by atoms with van der Waals surface area (Å²) in [7, 11) is -3.34. The van der Waals surface area contributed by atoms with Gasteiger partial charge in [-0.15, -0.1) is 0 Å². The Balaban J connectivity index is 1.77. The van der Waals surface area contributed by atoms with Crippen LogP contribution in [0.5, 0.6) is 0 Å². The Bertz CT molecular complexity index is 520. The number of likely N-dealkylation sites (tertiary alicyclic amines) is 1. The Morgan fingerprint density at radius 2 is 2.05 bits per heavy atom. The molecule has 3 rings (SSSR count). The number of ether oxygens (including phenoxy) is 1. The van der Waals surface area contributed by atoms with E-state index in [2.05, 4.69) is 0 Å². The summed E-state index contributed by atoms with van der Waals surface area (Å²) in [4.78, 5) is 13.5. The van der Waals surface area contributed by atoms with Crippen molar-refractivity contribution in [1.82, 2.24) is 9.21 Å². The van der Waals surface area contributed by atoms with Crippen molar-refractivity contribution in [2.45, 2.75) is 37.1 Å². The summed E-state index contributed by atoms with van der Waals surface area (Å²) in [5, 5.41) is 0. The number of carbonyl (C=O) groups is 1. The number of amides is 1. The predicted octanol–water partition coefficient (Wildman–Crippen LogP) is -0.250. The second-order valence-electron chi connectivity index (χ2n) is 5.86. The summed E-state index contributed by atoms with van der Waals surface area (Å²) in [5.41, 5.74) is -1.70. The molecule has 0 aromatic rings. The van der Waals surface area contributed by atoms with Gasteiger partial charge in [0, 0.05) is 19.6 Å². The van der Waals surface area contributed by atoms with Crippen LogP contribution in [-0.2, 0) is 19.6 Å². The van der Waals surface area contributed by atoms with E-state index in [0.717, 1.165) is 6.26 Å². The smallest absolute Gasteiger partial charge is 0.260 e. The average molecular weight is 306 g/mol. The fourth-order valence-electron chi connectivity index (χ4n) is 3.04. The standard InChI is InChI=1S/C12H19FN2O4S/c1-20(17,18)15-6-7-19-10-2-5-14(8-9(10)15)11(16)12(13)3-4-12/h9-10H,2-8H2,1H3/t9-,10-/m0/s1. The summed E-state index contributed by atoms with van der Waals surface area (Å²) in [5.74, 6) is -0.491. The number of hydrogen-bond acceptors (Lipinski definition) is 4. The Labute approximate surface area is 117 Å². The van der Waals surface area contributed by atoms with Crippen LogP contribution in [0.4, 0.5) is 4.39 Å². The maximum absolute atomic E-state index is 13.9. The van der Waals surface area contributed by atoms with Crippen LogP contribution in [0, 0.1) is 0 Å². The van der Waals surface area contributed by atoms with Crippen LogP contribution in [0.2, 0.25) is 0 Å². The SMILES string of the molecule is CS(=O)(=O)N1CCO[C@H]2CCN(C(=O)C3(F)CC3)C[C@@H]21. The summed E-state index contributed by atoms with van der Waals surface area (Å²) < 4.78 is 44.5. The normalized spacial score (nSPS) is 33.6. The molecule has 0 N–H and O–H groups in total. The topological polar surface area (TPSA) is 66.9 Å². The number of alkyl halides is 1. The minimum atomic E-state index is -3.34. The van der Waals surface area contributed by atoms with E-state index in [1.807, 2.05) is 0 Å². The average Bonchev–Trinajstić information content (AvgIpc) is 3.15. The molecule has 0 aromatic heterocycles. The molecule has 0 unspecified atom stereocenters. The first-order valence-corrected chi connectivity index (χ1v) is 8.73. The molecule has 0 aromatic carbocycles. The lowest BCUT2D eigenvalue weighted by molar-refractivity contribution is -0.145. The predicted molar refractivity (Wildman–Crippen MR) is 69.3 cm³/mol. The highest BCUT2D eigenvalue weighted by Crippen LogP contribution is 2.42. The molecule has 3 aliphatic rings. The summed E-state index contributed by atoms with van der Waals surface area (Å²) in [6.45, 7) is 1.32. The highest BCUT2D eigenvalue weighted by atomic mass is 32.2. The lowest BCUT2D eigenvalue weighted by atomic mass is 10.00. The van der Waals surface area contributed by atoms with Crippen LogP contribution >= 0.6 is 0 Å². The van der Waals surface area contributed by atoms with Gasteiger partial charge in [-0.05, 0) is 19.3 Å². The minimum absolute atomic E-state index is 0.197. The first-order valence-electron chi connectivity index (χ1n) is 6.88. The zero-order valence-electron chi connectivity index (χ0n) is 11.4. The number of halogens is 1. The number of piperidine rings is 1. The van der Waals surface area contributed by atoms with Crippen molar-refractivity contribution in [3.63, 3.8) is 0 Å². The van der Waals surface area contributed by atoms with Gasteiger partial charge in [-0.2, -0.15) is 4.31 Å². The highest BCUT2D eigenvalue weighted by Gasteiger charge is 2.54. The fourth-order valence-corrected chi connectivity index (χ4v) is 4.14. The molecule has 0 radical (unpaired) electrons. The third-order valence-electron chi connectivity index (χ3n) is 4.32. The number of hydrogen-bond donors (Lipinski definition) is 0. The molecular formula is C12H19FN2O4S. The number of fused-ring (bicyclic) bond motifs is 1. The molecule has 8 heteroatoms. The molecule has 0 spiro atoms. The van der Waals surface area contributed by atoms with Crippen LogP contribution in [0.3, 0.4) is 0 Å². The third-order valence-corrected chi connectivity index (χ3v) is 5.62. The number of carbonyl (C=O) groups excluding carboxylic acids is 1. The van der Waals surface area contributed by atoms with E-state index in [1.54, 1.807) is 0 Å². The molecule has 2 aliphatic heterocycles. The molecule has 1 aliphatic carbocycles. The second-order valence-corrected chi connectivity index (χ2v) is 7.79. The molecule has 6 nitrogen and oxygen atoms in total. The summed E-state index contributed by atoms with van der Waals surface area (Å²) >= 11 is 0. The summed E-state index contributed by atoms with van der Waals surface area (Å²) in [6, 6.07) is -0.390. The van der Waals surface area contributed by atoms with Crippen LogP contribution in [0.15, 0.2) is 0 Å². The van der Waals surface area contributed by atoms with Gasteiger partial charge in [0.2, 0.25) is 10.0 Å². The molecule has 0 bridgehead atoms. The van der Waals surface area contributed by atoms with E-state index < -0.39 is 27.6 Å². The van der Waals surface area contributed by atoms with Gasteiger partial charge in [0.05, 0.1) is 25.0 Å². The molecule has 2 heterocycles. The van der Waals surface area contributed by atoms with Crippen LogP contribution in [-0.4, -0.2) is 73.8 Å². The monoisotopic (exact) mass is 306 g/mol. The first kappa shape index (κ1) is 14.2. The largest absolute Gasteiger partial charge is 0.375 e. The number of rotatable bonds is 2. The van der Waals surface area contributed by atoms with Crippen molar-refractivity contribution in [2.75, 3.05) is 32.5 Å². The molecule has 1 amide bonds. The lowest BCUT2D eigenvalue weighted by Gasteiger charge is -2.46. The quantitative estimate of drug-likeness (QED) is 0.705. The minimum Gasteiger partial charge on any atom is -0.375 e. The van der Waals surface area contributed by atoms with Crippen molar-refractivity contribution in [3.05, 3.63) is 0 Å². The second kappa shape index (κ2) is 4.64. The van der Waals surface area contributed by atoms with Gasteiger partial charge in [0.15, 0.2) is 5.67 Å². The van der Waals surface area contributed by atoms with E-state index >= 15 is 0 Å². The van der Waals surface area contributed by atoms with Crippen LogP contribution < -0.4 is 0 Å². The Kier molecular flexibility index (Phi) is 3.30. The van der Waals surface area contributed by atoms with Crippen molar-refractivity contribution >= 4 is 15.9 Å².